The minimum absolute atomic E-state index is 0.109. The predicted molar refractivity (Wildman–Crippen MR) is 66.6 cm³/mol. The van der Waals surface area contributed by atoms with E-state index in [0.29, 0.717) is 0 Å². The number of likely N-dealkylation sites (tertiary alicyclic amines) is 2. The van der Waals surface area contributed by atoms with E-state index in [4.69, 9.17) is 0 Å². The van der Waals surface area contributed by atoms with Crippen molar-refractivity contribution in [1.82, 2.24) is 9.80 Å². The van der Waals surface area contributed by atoms with Crippen molar-refractivity contribution in [3.8, 4) is 0 Å². The van der Waals surface area contributed by atoms with Crippen LogP contribution in [0.15, 0.2) is 0 Å². The summed E-state index contributed by atoms with van der Waals surface area (Å²) in [7, 11) is 0. The third-order valence-electron chi connectivity index (χ3n) is 4.00. The van der Waals surface area contributed by atoms with Gasteiger partial charge < -0.3 is 5.11 Å². The molecule has 2 unspecified atom stereocenters. The summed E-state index contributed by atoms with van der Waals surface area (Å²) in [4.78, 5) is 5.09. The van der Waals surface area contributed by atoms with Crippen LogP contribution in [0.1, 0.15) is 39.0 Å². The fourth-order valence-corrected chi connectivity index (χ4v) is 3.11. The highest BCUT2D eigenvalue weighted by molar-refractivity contribution is 4.86. The van der Waals surface area contributed by atoms with E-state index in [0.717, 1.165) is 25.4 Å². The molecule has 0 aromatic heterocycles. The van der Waals surface area contributed by atoms with Crippen LogP contribution in [-0.2, 0) is 0 Å². The van der Waals surface area contributed by atoms with Crippen LogP contribution in [0.5, 0.6) is 0 Å². The molecular weight excluding hydrogens is 200 g/mol. The Balaban J connectivity index is 1.70. The second-order valence-corrected chi connectivity index (χ2v) is 5.39. The maximum absolute atomic E-state index is 9.81. The molecule has 2 fully saturated rings. The molecule has 0 amide bonds. The van der Waals surface area contributed by atoms with Crippen molar-refractivity contribution in [2.24, 2.45) is 0 Å². The Labute approximate surface area is 99.4 Å². The maximum Gasteiger partial charge on any atom is 0.0667 e. The van der Waals surface area contributed by atoms with Gasteiger partial charge in [0.15, 0.2) is 0 Å². The standard InChI is InChI=1S/C13H26N2O/c1-2-5-13(16)11-14-9-6-12(10-14)15-7-3-4-8-15/h12-13,16H,2-11H2,1H3. The molecule has 2 saturated heterocycles. The Morgan fingerprint density at radius 1 is 1.25 bits per heavy atom. The van der Waals surface area contributed by atoms with Gasteiger partial charge >= 0.3 is 0 Å². The summed E-state index contributed by atoms with van der Waals surface area (Å²) in [5, 5.41) is 9.81. The first kappa shape index (κ1) is 12.3. The van der Waals surface area contributed by atoms with Gasteiger partial charge in [-0.15, -0.1) is 0 Å². The van der Waals surface area contributed by atoms with Crippen LogP contribution in [0, 0.1) is 0 Å². The number of hydrogen-bond acceptors (Lipinski definition) is 3. The van der Waals surface area contributed by atoms with E-state index in [-0.39, 0.29) is 6.10 Å². The van der Waals surface area contributed by atoms with Crippen LogP contribution in [0.25, 0.3) is 0 Å². The summed E-state index contributed by atoms with van der Waals surface area (Å²) in [5.41, 5.74) is 0. The zero-order valence-corrected chi connectivity index (χ0v) is 10.6. The molecule has 2 atom stereocenters. The molecule has 0 spiro atoms. The Bertz CT molecular complexity index is 204. The number of β-amino-alcohol motifs (C(OH)–C–C–N with tert-alkyl or cyclic N) is 1. The number of nitrogens with zero attached hydrogens (tertiary/aromatic N) is 2. The van der Waals surface area contributed by atoms with Crippen molar-refractivity contribution in [3.05, 3.63) is 0 Å². The van der Waals surface area contributed by atoms with Crippen molar-refractivity contribution in [2.45, 2.75) is 51.2 Å². The third kappa shape index (κ3) is 3.19. The van der Waals surface area contributed by atoms with Crippen LogP contribution in [0.2, 0.25) is 0 Å². The molecule has 3 heteroatoms. The van der Waals surface area contributed by atoms with Gasteiger partial charge in [-0.1, -0.05) is 13.3 Å². The Kier molecular flexibility index (Phi) is 4.62. The van der Waals surface area contributed by atoms with Gasteiger partial charge in [-0.25, -0.2) is 0 Å². The lowest BCUT2D eigenvalue weighted by Gasteiger charge is -2.24. The van der Waals surface area contributed by atoms with Crippen LogP contribution in [0.4, 0.5) is 0 Å². The summed E-state index contributed by atoms with van der Waals surface area (Å²) in [6.07, 6.45) is 6.00. The van der Waals surface area contributed by atoms with Crippen molar-refractivity contribution in [1.29, 1.82) is 0 Å². The molecular formula is C13H26N2O. The molecule has 3 nitrogen and oxygen atoms in total. The summed E-state index contributed by atoms with van der Waals surface area (Å²) >= 11 is 0. The highest BCUT2D eigenvalue weighted by Crippen LogP contribution is 2.20. The largest absolute Gasteiger partial charge is 0.392 e. The van der Waals surface area contributed by atoms with Gasteiger partial charge in [-0.05, 0) is 45.3 Å². The van der Waals surface area contributed by atoms with E-state index in [2.05, 4.69) is 16.7 Å². The lowest BCUT2D eigenvalue weighted by molar-refractivity contribution is 0.112. The molecule has 2 rings (SSSR count). The van der Waals surface area contributed by atoms with Crippen LogP contribution in [-0.4, -0.2) is 59.8 Å². The molecule has 16 heavy (non-hydrogen) atoms. The topological polar surface area (TPSA) is 26.7 Å². The second kappa shape index (κ2) is 5.99. The summed E-state index contributed by atoms with van der Waals surface area (Å²) in [6.45, 7) is 7.99. The van der Waals surface area contributed by atoms with Crippen molar-refractivity contribution in [3.63, 3.8) is 0 Å². The first-order chi connectivity index (χ1) is 7.79. The molecule has 1 N–H and O–H groups in total. The van der Waals surface area contributed by atoms with Crippen molar-refractivity contribution in [2.75, 3.05) is 32.7 Å². The monoisotopic (exact) mass is 226 g/mol. The highest BCUT2D eigenvalue weighted by Gasteiger charge is 2.29. The molecule has 0 aliphatic carbocycles. The van der Waals surface area contributed by atoms with E-state index in [9.17, 15) is 5.11 Å². The van der Waals surface area contributed by atoms with E-state index in [1.54, 1.807) is 0 Å². The van der Waals surface area contributed by atoms with Gasteiger partial charge in [0.2, 0.25) is 0 Å². The molecule has 2 aliphatic heterocycles. The molecule has 94 valence electrons. The summed E-state index contributed by atoms with van der Waals surface area (Å²) < 4.78 is 0. The van der Waals surface area contributed by atoms with E-state index in [1.165, 1.54) is 45.4 Å². The average molecular weight is 226 g/mol. The van der Waals surface area contributed by atoms with Gasteiger partial charge in [0, 0.05) is 19.1 Å². The lowest BCUT2D eigenvalue weighted by atomic mass is 10.2. The van der Waals surface area contributed by atoms with Gasteiger partial charge in [0.1, 0.15) is 0 Å². The van der Waals surface area contributed by atoms with Crippen LogP contribution < -0.4 is 0 Å². The minimum Gasteiger partial charge on any atom is -0.392 e. The van der Waals surface area contributed by atoms with E-state index < -0.39 is 0 Å². The SMILES string of the molecule is CCCC(O)CN1CCC(N2CCCC2)C1. The van der Waals surface area contributed by atoms with Gasteiger partial charge in [-0.2, -0.15) is 0 Å². The normalized spacial score (nSPS) is 30.0. The molecule has 0 bridgehead atoms. The van der Waals surface area contributed by atoms with Crippen molar-refractivity contribution < 1.29 is 5.11 Å². The van der Waals surface area contributed by atoms with E-state index in [1.807, 2.05) is 0 Å². The Morgan fingerprint density at radius 3 is 2.69 bits per heavy atom. The number of aliphatic hydroxyl groups excluding tert-OH is 1. The molecule has 2 aliphatic rings. The fourth-order valence-electron chi connectivity index (χ4n) is 3.11. The molecule has 0 aromatic rings. The Morgan fingerprint density at radius 2 is 2.00 bits per heavy atom. The average Bonchev–Trinajstić information content (AvgIpc) is 2.86. The molecule has 0 radical (unpaired) electrons. The highest BCUT2D eigenvalue weighted by atomic mass is 16.3. The maximum atomic E-state index is 9.81. The molecule has 0 aromatic carbocycles. The molecule has 2 heterocycles. The smallest absolute Gasteiger partial charge is 0.0667 e. The number of hydrogen-bond donors (Lipinski definition) is 1. The number of rotatable bonds is 5. The first-order valence-corrected chi connectivity index (χ1v) is 6.94. The second-order valence-electron chi connectivity index (χ2n) is 5.39. The van der Waals surface area contributed by atoms with Crippen LogP contribution in [0.3, 0.4) is 0 Å². The van der Waals surface area contributed by atoms with Crippen LogP contribution >= 0.6 is 0 Å². The molecule has 0 saturated carbocycles. The van der Waals surface area contributed by atoms with Gasteiger partial charge in [-0.3, -0.25) is 9.80 Å². The Hall–Kier alpha value is -0.120. The first-order valence-electron chi connectivity index (χ1n) is 6.94. The van der Waals surface area contributed by atoms with Gasteiger partial charge in [0.05, 0.1) is 6.10 Å². The van der Waals surface area contributed by atoms with Crippen molar-refractivity contribution >= 4 is 0 Å². The minimum atomic E-state index is -0.109. The summed E-state index contributed by atoms with van der Waals surface area (Å²) in [6, 6.07) is 0.774. The third-order valence-corrected chi connectivity index (χ3v) is 4.00. The quantitative estimate of drug-likeness (QED) is 0.766. The van der Waals surface area contributed by atoms with Gasteiger partial charge in [0.25, 0.3) is 0 Å². The fraction of sp³-hybridized carbons (Fsp3) is 1.00. The summed E-state index contributed by atoms with van der Waals surface area (Å²) in [5.74, 6) is 0. The predicted octanol–water partition coefficient (Wildman–Crippen LogP) is 1.32. The van der Waals surface area contributed by atoms with E-state index >= 15 is 0 Å². The zero-order valence-electron chi connectivity index (χ0n) is 10.6. The number of aliphatic hydroxyl groups is 1. The zero-order chi connectivity index (χ0) is 11.4. The lowest BCUT2D eigenvalue weighted by Crippen LogP contribution is -2.37.